The lowest BCUT2D eigenvalue weighted by molar-refractivity contribution is -0.0242. The zero-order valence-electron chi connectivity index (χ0n) is 10.6. The maximum Gasteiger partial charge on any atom is 0.0612 e. The van der Waals surface area contributed by atoms with Crippen LogP contribution in [0.3, 0.4) is 0 Å². The molecule has 1 heterocycles. The first kappa shape index (κ1) is 13.0. The van der Waals surface area contributed by atoms with E-state index in [-0.39, 0.29) is 0 Å². The van der Waals surface area contributed by atoms with Crippen LogP contribution in [-0.2, 0) is 4.74 Å². The molecular formula is C13H27NO. The Morgan fingerprint density at radius 1 is 1.33 bits per heavy atom. The summed E-state index contributed by atoms with van der Waals surface area (Å²) in [5.41, 5.74) is 0. The minimum absolute atomic E-state index is 0.474. The van der Waals surface area contributed by atoms with E-state index in [9.17, 15) is 0 Å². The fourth-order valence-electron chi connectivity index (χ4n) is 2.16. The average molecular weight is 213 g/mol. The lowest BCUT2D eigenvalue weighted by atomic mass is 9.95. The summed E-state index contributed by atoms with van der Waals surface area (Å²) in [6.07, 6.45) is 6.84. The van der Waals surface area contributed by atoms with Crippen molar-refractivity contribution in [1.29, 1.82) is 0 Å². The van der Waals surface area contributed by atoms with Gasteiger partial charge in [-0.15, -0.1) is 0 Å². The molecule has 0 aromatic rings. The fraction of sp³-hybridized carbons (Fsp3) is 1.00. The van der Waals surface area contributed by atoms with Gasteiger partial charge in [0.1, 0.15) is 0 Å². The van der Waals surface area contributed by atoms with Crippen molar-refractivity contribution in [3.8, 4) is 0 Å². The number of ether oxygens (including phenoxy) is 1. The van der Waals surface area contributed by atoms with E-state index in [4.69, 9.17) is 4.74 Å². The zero-order chi connectivity index (χ0) is 11.1. The molecule has 1 aliphatic heterocycles. The zero-order valence-corrected chi connectivity index (χ0v) is 10.6. The lowest BCUT2D eigenvalue weighted by Crippen LogP contribution is -2.41. The highest BCUT2D eigenvalue weighted by Crippen LogP contribution is 2.20. The number of rotatable bonds is 6. The van der Waals surface area contributed by atoms with Crippen LogP contribution >= 0.6 is 0 Å². The molecule has 2 heteroatoms. The molecule has 0 aromatic heterocycles. The molecule has 0 spiro atoms. The van der Waals surface area contributed by atoms with Crippen LogP contribution in [0.2, 0.25) is 0 Å². The van der Waals surface area contributed by atoms with Gasteiger partial charge in [-0.25, -0.2) is 0 Å². The predicted molar refractivity (Wildman–Crippen MR) is 65.1 cm³/mol. The number of nitrogens with one attached hydrogen (secondary N) is 1. The van der Waals surface area contributed by atoms with Crippen molar-refractivity contribution in [2.75, 3.05) is 13.2 Å². The summed E-state index contributed by atoms with van der Waals surface area (Å²) in [7, 11) is 0. The van der Waals surface area contributed by atoms with E-state index < -0.39 is 0 Å². The molecule has 1 rings (SSSR count). The Morgan fingerprint density at radius 3 is 2.80 bits per heavy atom. The molecule has 0 saturated carbocycles. The molecule has 1 aliphatic rings. The molecule has 1 N–H and O–H groups in total. The summed E-state index contributed by atoms with van der Waals surface area (Å²) in [6, 6.07) is 0.697. The standard InChI is InChI=1S/C13H27NO/c1-4-5-6-8-14-12-7-9-15-13(10-12)11(2)3/h11-14H,4-10H2,1-3H3. The molecule has 0 radical (unpaired) electrons. The smallest absolute Gasteiger partial charge is 0.0612 e. The maximum absolute atomic E-state index is 5.76. The van der Waals surface area contributed by atoms with E-state index in [2.05, 4.69) is 26.1 Å². The van der Waals surface area contributed by atoms with E-state index in [0.717, 1.165) is 6.61 Å². The van der Waals surface area contributed by atoms with Crippen molar-refractivity contribution in [2.45, 2.75) is 65.0 Å². The monoisotopic (exact) mass is 213 g/mol. The van der Waals surface area contributed by atoms with E-state index in [1.807, 2.05) is 0 Å². The van der Waals surface area contributed by atoms with Crippen LogP contribution in [0.1, 0.15) is 52.9 Å². The number of hydrogen-bond donors (Lipinski definition) is 1. The Balaban J connectivity index is 2.13. The maximum atomic E-state index is 5.76. The second-order valence-electron chi connectivity index (χ2n) is 5.04. The van der Waals surface area contributed by atoms with Crippen molar-refractivity contribution >= 4 is 0 Å². The summed E-state index contributed by atoms with van der Waals surface area (Å²) in [5.74, 6) is 0.658. The third kappa shape index (κ3) is 4.98. The van der Waals surface area contributed by atoms with Gasteiger partial charge >= 0.3 is 0 Å². The number of hydrogen-bond acceptors (Lipinski definition) is 2. The third-order valence-electron chi connectivity index (χ3n) is 3.27. The van der Waals surface area contributed by atoms with Crippen molar-refractivity contribution in [3.63, 3.8) is 0 Å². The van der Waals surface area contributed by atoms with Crippen LogP contribution < -0.4 is 5.32 Å². The molecule has 1 fully saturated rings. The quantitative estimate of drug-likeness (QED) is 0.685. The van der Waals surface area contributed by atoms with Crippen molar-refractivity contribution in [3.05, 3.63) is 0 Å². The molecule has 0 bridgehead atoms. The van der Waals surface area contributed by atoms with E-state index in [1.54, 1.807) is 0 Å². The summed E-state index contributed by atoms with van der Waals surface area (Å²) >= 11 is 0. The van der Waals surface area contributed by atoms with Gasteiger partial charge in [0, 0.05) is 12.6 Å². The molecule has 90 valence electrons. The third-order valence-corrected chi connectivity index (χ3v) is 3.27. The molecule has 0 aliphatic carbocycles. The first-order chi connectivity index (χ1) is 7.24. The van der Waals surface area contributed by atoms with Crippen LogP contribution in [-0.4, -0.2) is 25.3 Å². The normalized spacial score (nSPS) is 27.2. The molecule has 2 unspecified atom stereocenters. The molecule has 1 saturated heterocycles. The van der Waals surface area contributed by atoms with Gasteiger partial charge in [-0.2, -0.15) is 0 Å². The van der Waals surface area contributed by atoms with Gasteiger partial charge in [0.2, 0.25) is 0 Å². The van der Waals surface area contributed by atoms with Gasteiger partial charge in [-0.3, -0.25) is 0 Å². The van der Waals surface area contributed by atoms with Gasteiger partial charge in [0.15, 0.2) is 0 Å². The van der Waals surface area contributed by atoms with Crippen LogP contribution in [0, 0.1) is 5.92 Å². The van der Waals surface area contributed by atoms with Crippen molar-refractivity contribution in [2.24, 2.45) is 5.92 Å². The fourth-order valence-corrected chi connectivity index (χ4v) is 2.16. The molecule has 2 nitrogen and oxygen atoms in total. The van der Waals surface area contributed by atoms with Gasteiger partial charge in [0.05, 0.1) is 6.10 Å². The second-order valence-corrected chi connectivity index (χ2v) is 5.04. The van der Waals surface area contributed by atoms with Gasteiger partial charge < -0.3 is 10.1 Å². The lowest BCUT2D eigenvalue weighted by Gasteiger charge is -2.32. The van der Waals surface area contributed by atoms with E-state index in [1.165, 1.54) is 38.6 Å². The second kappa shape index (κ2) is 7.24. The van der Waals surface area contributed by atoms with Gasteiger partial charge in [-0.05, 0) is 31.7 Å². The first-order valence-electron chi connectivity index (χ1n) is 6.59. The van der Waals surface area contributed by atoms with Crippen LogP contribution in [0.15, 0.2) is 0 Å². The van der Waals surface area contributed by atoms with Gasteiger partial charge in [0.25, 0.3) is 0 Å². The summed E-state index contributed by atoms with van der Waals surface area (Å²) in [6.45, 7) is 8.88. The van der Waals surface area contributed by atoms with Gasteiger partial charge in [-0.1, -0.05) is 33.6 Å². The van der Waals surface area contributed by atoms with Crippen molar-refractivity contribution in [1.82, 2.24) is 5.32 Å². The highest BCUT2D eigenvalue weighted by molar-refractivity contribution is 4.78. The molecule has 0 aromatic carbocycles. The minimum atomic E-state index is 0.474. The highest BCUT2D eigenvalue weighted by atomic mass is 16.5. The first-order valence-corrected chi connectivity index (χ1v) is 6.59. The minimum Gasteiger partial charge on any atom is -0.378 e. The summed E-state index contributed by atoms with van der Waals surface area (Å²) in [5, 5.41) is 3.66. The van der Waals surface area contributed by atoms with E-state index in [0.29, 0.717) is 18.1 Å². The van der Waals surface area contributed by atoms with Crippen LogP contribution in [0.4, 0.5) is 0 Å². The molecular weight excluding hydrogens is 186 g/mol. The average Bonchev–Trinajstić information content (AvgIpc) is 2.25. The molecule has 15 heavy (non-hydrogen) atoms. The summed E-state index contributed by atoms with van der Waals surface area (Å²) < 4.78 is 5.76. The highest BCUT2D eigenvalue weighted by Gasteiger charge is 2.24. The Bertz CT molecular complexity index is 159. The number of unbranched alkanes of at least 4 members (excludes halogenated alkanes) is 2. The predicted octanol–water partition coefficient (Wildman–Crippen LogP) is 2.97. The Hall–Kier alpha value is -0.0800. The Labute approximate surface area is 94.8 Å². The van der Waals surface area contributed by atoms with E-state index >= 15 is 0 Å². The van der Waals surface area contributed by atoms with Crippen molar-refractivity contribution < 1.29 is 4.74 Å². The molecule has 2 atom stereocenters. The summed E-state index contributed by atoms with van der Waals surface area (Å²) in [4.78, 5) is 0. The Morgan fingerprint density at radius 2 is 2.13 bits per heavy atom. The topological polar surface area (TPSA) is 21.3 Å². The Kier molecular flexibility index (Phi) is 6.26. The largest absolute Gasteiger partial charge is 0.378 e. The molecule has 0 amide bonds. The van der Waals surface area contributed by atoms with Crippen LogP contribution in [0.5, 0.6) is 0 Å². The van der Waals surface area contributed by atoms with Crippen LogP contribution in [0.25, 0.3) is 0 Å². The SMILES string of the molecule is CCCCCNC1CCOC(C(C)C)C1.